The van der Waals surface area contributed by atoms with Crippen LogP contribution in [0.15, 0.2) is 18.2 Å². The molecule has 0 aromatic heterocycles. The Hall–Kier alpha value is -1.55. The van der Waals surface area contributed by atoms with Gasteiger partial charge >= 0.3 is 6.03 Å². The molecule has 148 valence electrons. The van der Waals surface area contributed by atoms with Crippen molar-refractivity contribution in [1.29, 1.82) is 0 Å². The normalized spacial score (nSPS) is 12.7. The fraction of sp³-hybridized carbons (Fsp3) is 0.682. The van der Waals surface area contributed by atoms with Crippen molar-refractivity contribution in [2.45, 2.75) is 79.2 Å². The van der Waals surface area contributed by atoms with Gasteiger partial charge in [-0.2, -0.15) is 0 Å². The molecule has 1 unspecified atom stereocenters. The number of para-hydroxylation sites is 1. The quantitative estimate of drug-likeness (QED) is 0.572. The summed E-state index contributed by atoms with van der Waals surface area (Å²) in [4.78, 5) is 15.0. The number of carbonyl (C=O) groups is 1. The molecule has 1 aromatic carbocycles. The van der Waals surface area contributed by atoms with Gasteiger partial charge in [0.25, 0.3) is 0 Å². The average Bonchev–Trinajstić information content (AvgIpc) is 2.58. The zero-order valence-electron chi connectivity index (χ0n) is 17.9. The van der Waals surface area contributed by atoms with Crippen LogP contribution in [0.4, 0.5) is 10.5 Å². The van der Waals surface area contributed by atoms with Crippen molar-refractivity contribution >= 4 is 11.7 Å². The number of rotatable bonds is 10. The Kier molecular flexibility index (Phi) is 9.71. The molecule has 2 amide bonds. The predicted octanol–water partition coefficient (Wildman–Crippen LogP) is 5.57. The summed E-state index contributed by atoms with van der Waals surface area (Å²) in [5, 5.41) is 6.24. The molecule has 0 heterocycles. The third-order valence-corrected chi connectivity index (χ3v) is 4.99. The molecule has 1 aromatic rings. The maximum absolute atomic E-state index is 12.5. The monoisotopic (exact) mass is 361 g/mol. The van der Waals surface area contributed by atoms with Gasteiger partial charge in [0.05, 0.1) is 0 Å². The van der Waals surface area contributed by atoms with Crippen molar-refractivity contribution in [3.05, 3.63) is 29.3 Å². The minimum atomic E-state index is -0.102. The van der Waals surface area contributed by atoms with Gasteiger partial charge in [-0.1, -0.05) is 59.7 Å². The number of hydrogen-bond donors (Lipinski definition) is 2. The van der Waals surface area contributed by atoms with Gasteiger partial charge in [-0.3, -0.25) is 0 Å². The summed E-state index contributed by atoms with van der Waals surface area (Å²) in [6.07, 6.45) is 2.09. The van der Waals surface area contributed by atoms with Crippen LogP contribution in [-0.2, 0) is 0 Å². The van der Waals surface area contributed by atoms with Gasteiger partial charge in [-0.15, -0.1) is 0 Å². The Morgan fingerprint density at radius 3 is 2.00 bits per heavy atom. The van der Waals surface area contributed by atoms with Gasteiger partial charge in [-0.05, 0) is 62.4 Å². The molecule has 0 aliphatic heterocycles. The van der Waals surface area contributed by atoms with E-state index >= 15 is 0 Å². The number of hydrogen-bond acceptors (Lipinski definition) is 2. The summed E-state index contributed by atoms with van der Waals surface area (Å²) in [6, 6.07) is 6.37. The SMILES string of the molecule is CCN(CC)CCCC(C)NC(=O)Nc1c(C(C)C)cccc1C(C)C. The number of urea groups is 1. The minimum absolute atomic E-state index is 0.102. The summed E-state index contributed by atoms with van der Waals surface area (Å²) in [7, 11) is 0. The van der Waals surface area contributed by atoms with Crippen molar-refractivity contribution in [3.8, 4) is 0 Å². The summed E-state index contributed by atoms with van der Waals surface area (Å²) in [6.45, 7) is 18.4. The van der Waals surface area contributed by atoms with E-state index in [1.165, 1.54) is 11.1 Å². The second-order valence-electron chi connectivity index (χ2n) is 7.79. The van der Waals surface area contributed by atoms with E-state index in [0.717, 1.165) is 38.2 Å². The van der Waals surface area contributed by atoms with Gasteiger partial charge in [-0.25, -0.2) is 4.79 Å². The highest BCUT2D eigenvalue weighted by Gasteiger charge is 2.16. The van der Waals surface area contributed by atoms with E-state index in [9.17, 15) is 4.79 Å². The largest absolute Gasteiger partial charge is 0.335 e. The van der Waals surface area contributed by atoms with Crippen molar-refractivity contribution < 1.29 is 4.79 Å². The fourth-order valence-corrected chi connectivity index (χ4v) is 3.30. The minimum Gasteiger partial charge on any atom is -0.335 e. The van der Waals surface area contributed by atoms with Gasteiger partial charge in [0.1, 0.15) is 0 Å². The third kappa shape index (κ3) is 6.99. The smallest absolute Gasteiger partial charge is 0.319 e. The molecule has 2 N–H and O–H groups in total. The first kappa shape index (κ1) is 22.5. The Bertz CT molecular complexity index is 524. The van der Waals surface area contributed by atoms with Crippen LogP contribution in [0.2, 0.25) is 0 Å². The molecule has 0 saturated heterocycles. The van der Waals surface area contributed by atoms with E-state index in [0.29, 0.717) is 11.8 Å². The van der Waals surface area contributed by atoms with E-state index in [2.05, 4.69) is 82.2 Å². The topological polar surface area (TPSA) is 44.4 Å². The van der Waals surface area contributed by atoms with E-state index in [1.54, 1.807) is 0 Å². The van der Waals surface area contributed by atoms with Crippen LogP contribution < -0.4 is 10.6 Å². The van der Waals surface area contributed by atoms with E-state index in [1.807, 2.05) is 0 Å². The first-order valence-corrected chi connectivity index (χ1v) is 10.2. The molecular formula is C22H39N3O. The van der Waals surface area contributed by atoms with Gasteiger partial charge in [0.2, 0.25) is 0 Å². The number of nitrogens with zero attached hydrogens (tertiary/aromatic N) is 1. The Balaban J connectivity index is 2.67. The lowest BCUT2D eigenvalue weighted by atomic mass is 9.93. The highest BCUT2D eigenvalue weighted by molar-refractivity contribution is 5.91. The molecule has 0 spiro atoms. The van der Waals surface area contributed by atoms with Gasteiger partial charge < -0.3 is 15.5 Å². The zero-order chi connectivity index (χ0) is 19.7. The first-order chi connectivity index (χ1) is 12.3. The van der Waals surface area contributed by atoms with Gasteiger partial charge in [0, 0.05) is 11.7 Å². The Labute approximate surface area is 160 Å². The fourth-order valence-electron chi connectivity index (χ4n) is 3.30. The molecule has 1 rings (SSSR count). The van der Waals surface area contributed by atoms with Crippen LogP contribution in [0, 0.1) is 0 Å². The highest BCUT2D eigenvalue weighted by Crippen LogP contribution is 2.32. The standard InChI is InChI=1S/C22H39N3O/c1-8-25(9-2)15-11-12-18(7)23-22(26)24-21-19(16(3)4)13-10-14-20(21)17(5)6/h10,13-14,16-18H,8-9,11-12,15H2,1-7H3,(H2,23,24,26). The zero-order valence-corrected chi connectivity index (χ0v) is 17.9. The second kappa shape index (κ2) is 11.2. The molecule has 0 saturated carbocycles. The highest BCUT2D eigenvalue weighted by atomic mass is 16.2. The number of anilines is 1. The molecule has 0 radical (unpaired) electrons. The Morgan fingerprint density at radius 2 is 1.54 bits per heavy atom. The van der Waals surface area contributed by atoms with Crippen LogP contribution >= 0.6 is 0 Å². The third-order valence-electron chi connectivity index (χ3n) is 4.99. The van der Waals surface area contributed by atoms with Crippen molar-refractivity contribution in [3.63, 3.8) is 0 Å². The lowest BCUT2D eigenvalue weighted by molar-refractivity contribution is 0.247. The maximum Gasteiger partial charge on any atom is 0.319 e. The summed E-state index contributed by atoms with van der Waals surface area (Å²) >= 11 is 0. The van der Waals surface area contributed by atoms with E-state index in [4.69, 9.17) is 0 Å². The molecule has 0 bridgehead atoms. The lowest BCUT2D eigenvalue weighted by Crippen LogP contribution is -2.37. The number of nitrogens with one attached hydrogen (secondary N) is 2. The van der Waals surface area contributed by atoms with Crippen molar-refractivity contribution in [2.75, 3.05) is 25.0 Å². The Morgan fingerprint density at radius 1 is 1.00 bits per heavy atom. The van der Waals surface area contributed by atoms with Crippen molar-refractivity contribution in [2.24, 2.45) is 0 Å². The molecule has 26 heavy (non-hydrogen) atoms. The molecular weight excluding hydrogens is 322 g/mol. The van der Waals surface area contributed by atoms with E-state index < -0.39 is 0 Å². The first-order valence-electron chi connectivity index (χ1n) is 10.2. The summed E-state index contributed by atoms with van der Waals surface area (Å²) < 4.78 is 0. The number of amides is 2. The molecule has 4 nitrogen and oxygen atoms in total. The van der Waals surface area contributed by atoms with Crippen LogP contribution in [0.25, 0.3) is 0 Å². The molecule has 0 aliphatic carbocycles. The molecule has 0 fully saturated rings. The average molecular weight is 362 g/mol. The number of carbonyl (C=O) groups excluding carboxylic acids is 1. The van der Waals surface area contributed by atoms with Gasteiger partial charge in [0.15, 0.2) is 0 Å². The summed E-state index contributed by atoms with van der Waals surface area (Å²) in [5.74, 6) is 0.742. The number of benzene rings is 1. The molecule has 4 heteroatoms. The van der Waals surface area contributed by atoms with Crippen LogP contribution in [-0.4, -0.2) is 36.6 Å². The summed E-state index contributed by atoms with van der Waals surface area (Å²) in [5.41, 5.74) is 3.37. The molecule has 1 atom stereocenters. The van der Waals surface area contributed by atoms with E-state index in [-0.39, 0.29) is 12.1 Å². The second-order valence-corrected chi connectivity index (χ2v) is 7.79. The predicted molar refractivity (Wildman–Crippen MR) is 113 cm³/mol. The van der Waals surface area contributed by atoms with Crippen LogP contribution in [0.1, 0.15) is 84.3 Å². The molecule has 0 aliphatic rings. The van der Waals surface area contributed by atoms with Crippen molar-refractivity contribution in [1.82, 2.24) is 10.2 Å². The lowest BCUT2D eigenvalue weighted by Gasteiger charge is -2.22. The van der Waals surface area contributed by atoms with Crippen LogP contribution in [0.5, 0.6) is 0 Å². The maximum atomic E-state index is 12.5. The van der Waals surface area contributed by atoms with Crippen LogP contribution in [0.3, 0.4) is 0 Å².